The van der Waals surface area contributed by atoms with Crippen molar-refractivity contribution in [3.05, 3.63) is 22.1 Å². The Hall–Kier alpha value is -1.30. The van der Waals surface area contributed by atoms with Crippen molar-refractivity contribution in [2.75, 3.05) is 5.75 Å². The number of rotatable bonds is 2. The molecule has 1 aromatic rings. The summed E-state index contributed by atoms with van der Waals surface area (Å²) in [6.45, 7) is 2.25. The van der Waals surface area contributed by atoms with Gasteiger partial charge in [-0.3, -0.25) is 14.2 Å². The van der Waals surface area contributed by atoms with Crippen LogP contribution in [0.25, 0.3) is 0 Å². The molecule has 5 aliphatic rings. The number of aromatic nitrogens is 2. The van der Waals surface area contributed by atoms with E-state index in [4.69, 9.17) is 0 Å². The van der Waals surface area contributed by atoms with Crippen LogP contribution in [0.4, 0.5) is 0 Å². The van der Waals surface area contributed by atoms with Crippen LogP contribution in [-0.4, -0.2) is 26.8 Å². The van der Waals surface area contributed by atoms with E-state index in [1.807, 2.05) is 0 Å². The predicted molar refractivity (Wildman–Crippen MR) is 96.5 cm³/mol. The molecule has 1 amide bonds. The topological polar surface area (TPSA) is 64.0 Å². The second-order valence-corrected chi connectivity index (χ2v) is 9.82. The van der Waals surface area contributed by atoms with E-state index >= 15 is 0 Å². The largest absolute Gasteiger partial charge is 0.350 e. The fourth-order valence-electron chi connectivity index (χ4n) is 6.09. The molecular weight excluding hydrogens is 334 g/mol. The van der Waals surface area contributed by atoms with E-state index in [9.17, 15) is 9.59 Å². The summed E-state index contributed by atoms with van der Waals surface area (Å²) in [4.78, 5) is 29.7. The van der Waals surface area contributed by atoms with Gasteiger partial charge in [0.15, 0.2) is 5.16 Å². The summed E-state index contributed by atoms with van der Waals surface area (Å²) in [5.74, 6) is 3.20. The second kappa shape index (κ2) is 5.60. The monoisotopic (exact) mass is 359 g/mol. The van der Waals surface area contributed by atoms with Crippen LogP contribution in [0.3, 0.4) is 0 Å². The zero-order valence-electron chi connectivity index (χ0n) is 14.7. The molecule has 4 aliphatic carbocycles. The summed E-state index contributed by atoms with van der Waals surface area (Å²) in [6, 6.07) is 0. The molecule has 1 unspecified atom stereocenters. The van der Waals surface area contributed by atoms with Crippen LogP contribution < -0.4 is 10.9 Å². The van der Waals surface area contributed by atoms with E-state index < -0.39 is 0 Å². The van der Waals surface area contributed by atoms with Crippen molar-refractivity contribution in [2.24, 2.45) is 23.7 Å². The summed E-state index contributed by atoms with van der Waals surface area (Å²) < 4.78 is 1.69. The third-order valence-electron chi connectivity index (χ3n) is 6.80. The molecule has 25 heavy (non-hydrogen) atoms. The number of nitrogens with zero attached hydrogens (tertiary/aromatic N) is 2. The summed E-state index contributed by atoms with van der Waals surface area (Å²) in [6.07, 6.45) is 9.27. The van der Waals surface area contributed by atoms with Gasteiger partial charge in [-0.1, -0.05) is 11.8 Å². The molecular formula is C19H25N3O2S. The molecule has 1 N–H and O–H groups in total. The first kappa shape index (κ1) is 15.9. The van der Waals surface area contributed by atoms with Crippen LogP contribution in [0.1, 0.15) is 44.1 Å². The molecule has 4 fully saturated rings. The summed E-state index contributed by atoms with van der Waals surface area (Å²) in [5.41, 5.74) is 0.684. The van der Waals surface area contributed by atoms with E-state index in [-0.39, 0.29) is 22.9 Å². The first-order valence-electron chi connectivity index (χ1n) is 9.53. The van der Waals surface area contributed by atoms with Gasteiger partial charge in [-0.25, -0.2) is 4.98 Å². The van der Waals surface area contributed by atoms with Crippen molar-refractivity contribution in [3.8, 4) is 0 Å². The van der Waals surface area contributed by atoms with Crippen molar-refractivity contribution < 1.29 is 4.79 Å². The van der Waals surface area contributed by atoms with Gasteiger partial charge >= 0.3 is 0 Å². The molecule has 2 heterocycles. The Morgan fingerprint density at radius 3 is 2.52 bits per heavy atom. The molecule has 4 saturated carbocycles. The van der Waals surface area contributed by atoms with Gasteiger partial charge in [0.05, 0.1) is 5.92 Å². The van der Waals surface area contributed by atoms with E-state index in [0.717, 1.165) is 22.9 Å². The quantitative estimate of drug-likeness (QED) is 0.824. The van der Waals surface area contributed by atoms with Gasteiger partial charge in [0.1, 0.15) is 0 Å². The number of nitrogens with one attached hydrogen (secondary N) is 1. The Morgan fingerprint density at radius 2 is 1.88 bits per heavy atom. The molecule has 5 nitrogen and oxygen atoms in total. The van der Waals surface area contributed by atoms with Crippen LogP contribution in [0.15, 0.2) is 16.1 Å². The minimum Gasteiger partial charge on any atom is -0.350 e. The van der Waals surface area contributed by atoms with Gasteiger partial charge in [-0.05, 0) is 63.2 Å². The zero-order valence-corrected chi connectivity index (χ0v) is 15.5. The smallest absolute Gasteiger partial charge is 0.257 e. The Morgan fingerprint density at radius 1 is 1.24 bits per heavy atom. The van der Waals surface area contributed by atoms with Crippen LogP contribution in [-0.2, 0) is 11.3 Å². The predicted octanol–water partition coefficient (Wildman–Crippen LogP) is 2.36. The first-order chi connectivity index (χ1) is 12.0. The molecule has 6 heteroatoms. The lowest BCUT2D eigenvalue weighted by molar-refractivity contribution is -0.130. The second-order valence-electron chi connectivity index (χ2n) is 8.83. The minimum absolute atomic E-state index is 0.00944. The molecule has 0 aromatic carbocycles. The standard InChI is InChI=1S/C19H25N3O2S/c1-11-8-20-18-22(17(11)24)9-15(10-25-18)16(23)21-19-5-12-2-13(6-19)4-14(3-12)7-19/h8,12-15H,2-7,9-10H2,1H3,(H,21,23). The van der Waals surface area contributed by atoms with E-state index in [0.29, 0.717) is 17.9 Å². The molecule has 0 radical (unpaired) electrons. The lowest BCUT2D eigenvalue weighted by atomic mass is 9.53. The highest BCUT2D eigenvalue weighted by atomic mass is 32.2. The number of hydrogen-bond donors (Lipinski definition) is 1. The third kappa shape index (κ3) is 2.64. The number of aryl methyl sites for hydroxylation is 1. The van der Waals surface area contributed by atoms with Crippen molar-refractivity contribution in [1.29, 1.82) is 0 Å². The van der Waals surface area contributed by atoms with E-state index in [2.05, 4.69) is 10.3 Å². The highest BCUT2D eigenvalue weighted by Gasteiger charge is 2.51. The molecule has 1 aromatic heterocycles. The first-order valence-corrected chi connectivity index (χ1v) is 10.5. The van der Waals surface area contributed by atoms with Crippen molar-refractivity contribution in [3.63, 3.8) is 0 Å². The Labute approximate surface area is 152 Å². The van der Waals surface area contributed by atoms with E-state index in [1.165, 1.54) is 50.3 Å². The maximum absolute atomic E-state index is 13.0. The van der Waals surface area contributed by atoms with Gasteiger partial charge in [0.2, 0.25) is 5.91 Å². The molecule has 1 aliphatic heterocycles. The molecule has 134 valence electrons. The van der Waals surface area contributed by atoms with Crippen molar-refractivity contribution in [1.82, 2.24) is 14.9 Å². The highest BCUT2D eigenvalue weighted by Crippen LogP contribution is 2.55. The number of fused-ring (bicyclic) bond motifs is 1. The van der Waals surface area contributed by atoms with Crippen LogP contribution >= 0.6 is 11.8 Å². The lowest BCUT2D eigenvalue weighted by Crippen LogP contribution is -2.61. The summed E-state index contributed by atoms with van der Waals surface area (Å²) in [7, 11) is 0. The lowest BCUT2D eigenvalue weighted by Gasteiger charge is -2.57. The maximum atomic E-state index is 13.0. The molecule has 6 rings (SSSR count). The molecule has 0 spiro atoms. The Bertz CT molecular complexity index is 752. The summed E-state index contributed by atoms with van der Waals surface area (Å²) >= 11 is 1.53. The minimum atomic E-state index is -0.133. The van der Waals surface area contributed by atoms with Crippen molar-refractivity contribution in [2.45, 2.75) is 62.7 Å². The van der Waals surface area contributed by atoms with Crippen LogP contribution in [0.2, 0.25) is 0 Å². The third-order valence-corrected chi connectivity index (χ3v) is 7.95. The summed E-state index contributed by atoms with van der Waals surface area (Å²) in [5, 5.41) is 4.22. The number of carbonyl (C=O) groups excluding carboxylic acids is 1. The van der Waals surface area contributed by atoms with Gasteiger partial charge in [-0.2, -0.15) is 0 Å². The van der Waals surface area contributed by atoms with E-state index in [1.54, 1.807) is 17.7 Å². The zero-order chi connectivity index (χ0) is 17.2. The number of thioether (sulfide) groups is 1. The fourth-order valence-corrected chi connectivity index (χ4v) is 7.13. The SMILES string of the molecule is Cc1cnc2n(c1=O)CC(C(=O)NC13CC4CC(CC(C4)C1)C3)CS2. The van der Waals surface area contributed by atoms with Gasteiger partial charge in [-0.15, -0.1) is 0 Å². The fraction of sp³-hybridized carbons (Fsp3) is 0.737. The van der Waals surface area contributed by atoms with Gasteiger partial charge in [0, 0.05) is 29.6 Å². The Kier molecular flexibility index (Phi) is 3.56. The van der Waals surface area contributed by atoms with Crippen LogP contribution in [0, 0.1) is 30.6 Å². The Balaban J connectivity index is 1.34. The molecule has 0 saturated heterocycles. The number of hydrogen-bond acceptors (Lipinski definition) is 4. The van der Waals surface area contributed by atoms with Gasteiger partial charge < -0.3 is 5.32 Å². The average molecular weight is 359 g/mol. The van der Waals surface area contributed by atoms with Crippen molar-refractivity contribution >= 4 is 17.7 Å². The number of carbonyl (C=O) groups is 1. The number of amides is 1. The van der Waals surface area contributed by atoms with Crippen LogP contribution in [0.5, 0.6) is 0 Å². The normalized spacial score (nSPS) is 38.4. The average Bonchev–Trinajstić information content (AvgIpc) is 2.56. The highest BCUT2D eigenvalue weighted by molar-refractivity contribution is 7.99. The molecule has 4 bridgehead atoms. The molecule has 1 atom stereocenters. The van der Waals surface area contributed by atoms with Gasteiger partial charge in [0.25, 0.3) is 5.56 Å². The maximum Gasteiger partial charge on any atom is 0.257 e.